The molecule has 1 aromatic heterocycles. The molecule has 0 bridgehead atoms. The van der Waals surface area contributed by atoms with Crippen molar-refractivity contribution in [1.29, 1.82) is 0 Å². The quantitative estimate of drug-likeness (QED) is 0.518. The highest BCUT2D eigenvalue weighted by molar-refractivity contribution is 7.15. The number of carboxylic acid groups (broad SMARTS) is 1. The number of amides is 1. The van der Waals surface area contributed by atoms with Gasteiger partial charge in [0.05, 0.1) is 18.9 Å². The van der Waals surface area contributed by atoms with Gasteiger partial charge in [0.25, 0.3) is 0 Å². The predicted molar refractivity (Wildman–Crippen MR) is 121 cm³/mol. The van der Waals surface area contributed by atoms with Crippen LogP contribution in [0.3, 0.4) is 0 Å². The van der Waals surface area contributed by atoms with E-state index in [1.807, 2.05) is 62.4 Å². The van der Waals surface area contributed by atoms with Gasteiger partial charge in [0.2, 0.25) is 5.91 Å². The summed E-state index contributed by atoms with van der Waals surface area (Å²) in [6, 6.07) is 15.0. The van der Waals surface area contributed by atoms with E-state index < -0.39 is 5.97 Å². The van der Waals surface area contributed by atoms with Crippen LogP contribution in [0.25, 0.3) is 11.1 Å². The number of hydrogen-bond acceptors (Lipinski definition) is 5. The molecule has 31 heavy (non-hydrogen) atoms. The molecule has 6 nitrogen and oxygen atoms in total. The lowest BCUT2D eigenvalue weighted by atomic mass is 9.88. The normalized spacial score (nSPS) is 15.2. The minimum absolute atomic E-state index is 0.142. The van der Waals surface area contributed by atoms with Gasteiger partial charge in [0.1, 0.15) is 4.88 Å². The molecule has 2 aromatic carbocycles. The number of aromatic carboxylic acids is 1. The molecular weight excluding hydrogens is 414 g/mol. The lowest BCUT2D eigenvalue weighted by Crippen LogP contribution is -2.22. The number of rotatable bonds is 7. The van der Waals surface area contributed by atoms with Crippen molar-refractivity contribution < 1.29 is 24.2 Å². The largest absolute Gasteiger partial charge is 0.490 e. The standard InChI is InChI=1S/C24H23NO5S/c1-3-29-17-11-10-15(12-18(17)30-4-2)16-13-19(26)25-21-20(14-8-6-5-7-9-14)23(24(27)28)31-22(16)21/h5-12,16H,3-4,13H2,1-2H3,(H,25,26)(H,27,28)/t16-/m0/s1. The second kappa shape index (κ2) is 8.81. The number of carbonyl (C=O) groups excluding carboxylic acids is 1. The molecule has 160 valence electrons. The van der Waals surface area contributed by atoms with Gasteiger partial charge in [-0.1, -0.05) is 36.4 Å². The molecule has 1 aliphatic rings. The molecule has 4 rings (SSSR count). The van der Waals surface area contributed by atoms with Gasteiger partial charge in [0, 0.05) is 22.8 Å². The highest BCUT2D eigenvalue weighted by Gasteiger charge is 2.34. The maximum Gasteiger partial charge on any atom is 0.346 e. The van der Waals surface area contributed by atoms with Crippen LogP contribution < -0.4 is 14.8 Å². The molecule has 0 aliphatic carbocycles. The Morgan fingerprint density at radius 3 is 2.48 bits per heavy atom. The highest BCUT2D eigenvalue weighted by atomic mass is 32.1. The van der Waals surface area contributed by atoms with E-state index in [4.69, 9.17) is 9.47 Å². The first-order valence-corrected chi connectivity index (χ1v) is 11.0. The lowest BCUT2D eigenvalue weighted by molar-refractivity contribution is -0.116. The molecule has 0 saturated heterocycles. The van der Waals surface area contributed by atoms with Gasteiger partial charge >= 0.3 is 5.97 Å². The van der Waals surface area contributed by atoms with Gasteiger partial charge < -0.3 is 19.9 Å². The van der Waals surface area contributed by atoms with Crippen LogP contribution in [0.4, 0.5) is 5.69 Å². The number of ether oxygens (including phenoxy) is 2. The third-order valence-electron chi connectivity index (χ3n) is 5.13. The molecular formula is C24H23NO5S. The smallest absolute Gasteiger partial charge is 0.346 e. The lowest BCUT2D eigenvalue weighted by Gasteiger charge is -2.24. The van der Waals surface area contributed by atoms with E-state index in [1.54, 1.807) is 0 Å². The molecule has 2 heterocycles. The number of carbonyl (C=O) groups is 2. The van der Waals surface area contributed by atoms with E-state index in [-0.39, 0.29) is 23.1 Å². The van der Waals surface area contributed by atoms with E-state index in [1.165, 1.54) is 11.3 Å². The van der Waals surface area contributed by atoms with E-state index in [0.29, 0.717) is 36.0 Å². The number of nitrogens with one attached hydrogen (secondary N) is 1. The van der Waals surface area contributed by atoms with Crippen molar-refractivity contribution in [3.8, 4) is 22.6 Å². The third-order valence-corrected chi connectivity index (χ3v) is 6.42. The number of carboxylic acids is 1. The SMILES string of the molecule is CCOc1ccc([C@@H]2CC(=O)Nc3c2sc(C(=O)O)c3-c2ccccc2)cc1OCC. The number of benzene rings is 2. The Bertz CT molecular complexity index is 1120. The molecule has 0 unspecified atom stereocenters. The van der Waals surface area contributed by atoms with Gasteiger partial charge in [-0.3, -0.25) is 4.79 Å². The van der Waals surface area contributed by atoms with Crippen LogP contribution in [0.1, 0.15) is 46.3 Å². The second-order valence-corrected chi connectivity index (χ2v) is 8.15. The van der Waals surface area contributed by atoms with Crippen molar-refractivity contribution >= 4 is 28.9 Å². The zero-order valence-corrected chi connectivity index (χ0v) is 18.1. The second-order valence-electron chi connectivity index (χ2n) is 7.09. The van der Waals surface area contributed by atoms with Crippen molar-refractivity contribution in [2.24, 2.45) is 0 Å². The molecule has 1 atom stereocenters. The van der Waals surface area contributed by atoms with E-state index >= 15 is 0 Å². The average molecular weight is 438 g/mol. The first-order chi connectivity index (χ1) is 15.0. The summed E-state index contributed by atoms with van der Waals surface area (Å²) in [5.74, 6) is -0.146. The minimum atomic E-state index is -1.01. The number of thiophene rings is 1. The van der Waals surface area contributed by atoms with Crippen molar-refractivity contribution in [3.63, 3.8) is 0 Å². The van der Waals surface area contributed by atoms with Crippen molar-refractivity contribution in [2.45, 2.75) is 26.2 Å². The predicted octanol–water partition coefficient (Wildman–Crippen LogP) is 5.38. The van der Waals surface area contributed by atoms with E-state index in [2.05, 4.69) is 5.32 Å². The topological polar surface area (TPSA) is 84.9 Å². The van der Waals surface area contributed by atoms with Crippen LogP contribution in [-0.2, 0) is 4.79 Å². The summed E-state index contributed by atoms with van der Waals surface area (Å²) in [5, 5.41) is 12.8. The zero-order valence-electron chi connectivity index (χ0n) is 17.3. The van der Waals surface area contributed by atoms with Gasteiger partial charge in [0.15, 0.2) is 11.5 Å². The van der Waals surface area contributed by atoms with E-state index in [9.17, 15) is 14.7 Å². The summed E-state index contributed by atoms with van der Waals surface area (Å²) in [6.45, 7) is 4.81. The van der Waals surface area contributed by atoms with Gasteiger partial charge in [-0.05, 0) is 37.1 Å². The van der Waals surface area contributed by atoms with Crippen LogP contribution in [0.2, 0.25) is 0 Å². The molecule has 1 amide bonds. The Hall–Kier alpha value is -3.32. The molecule has 2 N–H and O–H groups in total. The van der Waals surface area contributed by atoms with Gasteiger partial charge in [-0.25, -0.2) is 4.79 Å². The first-order valence-electron chi connectivity index (χ1n) is 10.2. The van der Waals surface area contributed by atoms with E-state index in [0.717, 1.165) is 16.0 Å². The highest BCUT2D eigenvalue weighted by Crippen LogP contribution is 2.50. The fourth-order valence-electron chi connectivity index (χ4n) is 3.87. The molecule has 0 saturated carbocycles. The summed E-state index contributed by atoms with van der Waals surface area (Å²) in [6.07, 6.45) is 0.236. The number of hydrogen-bond donors (Lipinski definition) is 2. The number of anilines is 1. The van der Waals surface area contributed by atoms with Crippen LogP contribution in [0.5, 0.6) is 11.5 Å². The molecule has 0 spiro atoms. The van der Waals surface area contributed by atoms with Crippen molar-refractivity contribution in [2.75, 3.05) is 18.5 Å². The molecule has 1 aliphatic heterocycles. The summed E-state index contributed by atoms with van der Waals surface area (Å²) >= 11 is 1.22. The third kappa shape index (κ3) is 4.01. The summed E-state index contributed by atoms with van der Waals surface area (Å²) in [5.41, 5.74) is 2.80. The summed E-state index contributed by atoms with van der Waals surface area (Å²) in [4.78, 5) is 25.8. The Labute approximate surface area is 184 Å². The maximum atomic E-state index is 12.6. The average Bonchev–Trinajstić information content (AvgIpc) is 3.15. The van der Waals surface area contributed by atoms with Crippen LogP contribution in [-0.4, -0.2) is 30.2 Å². The zero-order chi connectivity index (χ0) is 22.0. The van der Waals surface area contributed by atoms with Crippen molar-refractivity contribution in [1.82, 2.24) is 0 Å². The Morgan fingerprint density at radius 2 is 1.81 bits per heavy atom. The van der Waals surface area contributed by atoms with Crippen LogP contribution in [0, 0.1) is 0 Å². The first kappa shape index (κ1) is 20.9. The molecule has 7 heteroatoms. The fourth-order valence-corrected chi connectivity index (χ4v) is 5.12. The Morgan fingerprint density at radius 1 is 1.10 bits per heavy atom. The summed E-state index contributed by atoms with van der Waals surface area (Å²) in [7, 11) is 0. The maximum absolute atomic E-state index is 12.6. The van der Waals surface area contributed by atoms with Crippen LogP contribution in [0.15, 0.2) is 48.5 Å². The number of fused-ring (bicyclic) bond motifs is 1. The minimum Gasteiger partial charge on any atom is -0.490 e. The van der Waals surface area contributed by atoms with Gasteiger partial charge in [-0.15, -0.1) is 11.3 Å². The molecule has 0 fully saturated rings. The monoisotopic (exact) mass is 437 g/mol. The van der Waals surface area contributed by atoms with Gasteiger partial charge in [-0.2, -0.15) is 0 Å². The van der Waals surface area contributed by atoms with Crippen molar-refractivity contribution in [3.05, 3.63) is 63.8 Å². The van der Waals surface area contributed by atoms with Crippen LogP contribution >= 0.6 is 11.3 Å². The molecule has 3 aromatic rings. The summed E-state index contributed by atoms with van der Waals surface area (Å²) < 4.78 is 11.4. The fraction of sp³-hybridized carbons (Fsp3) is 0.250. The molecule has 0 radical (unpaired) electrons. The Balaban J connectivity index is 1.86. The Kier molecular flexibility index (Phi) is 5.95.